The molecule has 3 nitrogen and oxygen atoms in total. The molecule has 0 heterocycles. The van der Waals surface area contributed by atoms with Crippen LogP contribution in [-0.2, 0) is 9.53 Å². The zero-order chi connectivity index (χ0) is 20.2. The van der Waals surface area contributed by atoms with Gasteiger partial charge in [0.05, 0.1) is 5.56 Å². The van der Waals surface area contributed by atoms with Crippen LogP contribution in [0.3, 0.4) is 0 Å². The molecule has 0 radical (unpaired) electrons. The number of esters is 1. The second-order valence-corrected chi connectivity index (χ2v) is 10.4. The number of hydrogen-bond acceptors (Lipinski definition) is 3. The Morgan fingerprint density at radius 3 is 2.55 bits per heavy atom. The Kier molecular flexibility index (Phi) is 4.49. The third-order valence-corrected chi connectivity index (χ3v) is 9.13. The van der Waals surface area contributed by atoms with Crippen LogP contribution >= 0.6 is 0 Å². The number of rotatable bonds is 2. The lowest BCUT2D eigenvalue weighted by molar-refractivity contribution is -0.118. The summed E-state index contributed by atoms with van der Waals surface area (Å²) in [5, 5.41) is 0. The minimum Gasteiger partial charge on any atom is -0.458 e. The molecule has 0 unspecified atom stereocenters. The van der Waals surface area contributed by atoms with E-state index in [0.717, 1.165) is 25.7 Å². The predicted octanol–water partition coefficient (Wildman–Crippen LogP) is 5.74. The first-order chi connectivity index (χ1) is 13.9. The molecule has 1 aromatic rings. The maximum absolute atomic E-state index is 12.7. The maximum Gasteiger partial charge on any atom is 0.338 e. The zero-order valence-electron chi connectivity index (χ0n) is 17.7. The van der Waals surface area contributed by atoms with Crippen LogP contribution in [0.5, 0.6) is 0 Å². The van der Waals surface area contributed by atoms with E-state index in [2.05, 4.69) is 13.8 Å². The van der Waals surface area contributed by atoms with Gasteiger partial charge in [0, 0.05) is 11.8 Å². The van der Waals surface area contributed by atoms with E-state index in [1.807, 2.05) is 36.4 Å². The number of carbonyl (C=O) groups excluding carboxylic acids is 2. The smallest absolute Gasteiger partial charge is 0.338 e. The fraction of sp³-hybridized carbons (Fsp3) is 0.615. The van der Waals surface area contributed by atoms with Crippen LogP contribution in [-0.4, -0.2) is 17.9 Å². The van der Waals surface area contributed by atoms with Crippen LogP contribution in [0.25, 0.3) is 0 Å². The van der Waals surface area contributed by atoms with Crippen molar-refractivity contribution < 1.29 is 14.3 Å². The molecule has 0 bridgehead atoms. The molecule has 3 heteroatoms. The Morgan fingerprint density at radius 2 is 1.76 bits per heavy atom. The summed E-state index contributed by atoms with van der Waals surface area (Å²) >= 11 is 0. The number of allylic oxidation sites excluding steroid dienone is 1. The van der Waals surface area contributed by atoms with E-state index in [1.165, 1.54) is 24.8 Å². The summed E-state index contributed by atoms with van der Waals surface area (Å²) in [7, 11) is 0. The second-order valence-electron chi connectivity index (χ2n) is 10.4. The van der Waals surface area contributed by atoms with Crippen LogP contribution in [0.4, 0.5) is 0 Å². The monoisotopic (exact) mass is 392 g/mol. The standard InChI is InChI=1S/C26H32O3/c1-25-14-12-19(27)16-18(25)8-9-20-21-10-11-23(26(21,2)15-13-22(20)25)29-24(28)17-6-4-3-5-7-17/h3-7,16,20-23H,8-15H2,1-2H3/t20-,21+,22-,23-,25+,26+/m1/s1. The van der Waals surface area contributed by atoms with Gasteiger partial charge in [-0.1, -0.05) is 37.6 Å². The number of fused-ring (bicyclic) bond motifs is 5. The highest BCUT2D eigenvalue weighted by Gasteiger charge is 2.59. The van der Waals surface area contributed by atoms with E-state index in [9.17, 15) is 9.59 Å². The van der Waals surface area contributed by atoms with Gasteiger partial charge in [0.15, 0.2) is 5.78 Å². The molecule has 4 aliphatic carbocycles. The molecule has 0 aromatic heterocycles. The minimum atomic E-state index is -0.175. The molecule has 3 saturated carbocycles. The van der Waals surface area contributed by atoms with Gasteiger partial charge in [0.25, 0.3) is 0 Å². The van der Waals surface area contributed by atoms with Gasteiger partial charge >= 0.3 is 5.97 Å². The summed E-state index contributed by atoms with van der Waals surface area (Å²) in [5.74, 6) is 2.16. The number of ketones is 1. The van der Waals surface area contributed by atoms with E-state index in [4.69, 9.17) is 4.74 Å². The van der Waals surface area contributed by atoms with Crippen molar-refractivity contribution in [2.45, 2.75) is 71.3 Å². The van der Waals surface area contributed by atoms with Crippen LogP contribution in [0, 0.1) is 28.6 Å². The number of ether oxygens (including phenoxy) is 1. The highest BCUT2D eigenvalue weighted by atomic mass is 16.5. The van der Waals surface area contributed by atoms with Gasteiger partial charge in [-0.05, 0) is 86.3 Å². The Bertz CT molecular complexity index is 856. The van der Waals surface area contributed by atoms with E-state index in [1.54, 1.807) is 0 Å². The van der Waals surface area contributed by atoms with Crippen molar-refractivity contribution >= 4 is 11.8 Å². The second kappa shape index (κ2) is 6.82. The summed E-state index contributed by atoms with van der Waals surface area (Å²) in [6.45, 7) is 4.80. The maximum atomic E-state index is 12.7. The molecule has 4 aliphatic rings. The van der Waals surface area contributed by atoms with Crippen LogP contribution in [0.1, 0.15) is 75.6 Å². The van der Waals surface area contributed by atoms with Crippen molar-refractivity contribution in [1.82, 2.24) is 0 Å². The molecule has 29 heavy (non-hydrogen) atoms. The van der Waals surface area contributed by atoms with Crippen molar-refractivity contribution in [2.75, 3.05) is 0 Å². The third-order valence-electron chi connectivity index (χ3n) is 9.13. The van der Waals surface area contributed by atoms with E-state index in [-0.39, 0.29) is 22.9 Å². The van der Waals surface area contributed by atoms with Gasteiger partial charge < -0.3 is 4.74 Å². The molecular formula is C26H32O3. The Balaban J connectivity index is 1.37. The predicted molar refractivity (Wildman–Crippen MR) is 112 cm³/mol. The molecule has 154 valence electrons. The van der Waals surface area contributed by atoms with Crippen molar-refractivity contribution in [3.63, 3.8) is 0 Å². The van der Waals surface area contributed by atoms with Crippen LogP contribution in [0.2, 0.25) is 0 Å². The van der Waals surface area contributed by atoms with Gasteiger partial charge in [-0.25, -0.2) is 4.79 Å². The largest absolute Gasteiger partial charge is 0.458 e. The molecule has 0 N–H and O–H groups in total. The average molecular weight is 393 g/mol. The van der Waals surface area contributed by atoms with E-state index < -0.39 is 0 Å². The fourth-order valence-electron chi connectivity index (χ4n) is 7.48. The Labute approximate surface area is 173 Å². The molecule has 0 amide bonds. The highest BCUT2D eigenvalue weighted by molar-refractivity contribution is 5.91. The van der Waals surface area contributed by atoms with Crippen molar-refractivity contribution in [3.05, 3.63) is 47.5 Å². The number of carbonyl (C=O) groups is 2. The summed E-state index contributed by atoms with van der Waals surface area (Å²) in [6.07, 6.45) is 10.5. The third kappa shape index (κ3) is 2.92. The molecule has 0 spiro atoms. The topological polar surface area (TPSA) is 43.4 Å². The number of hydrogen-bond donors (Lipinski definition) is 0. The highest BCUT2D eigenvalue weighted by Crippen LogP contribution is 2.65. The van der Waals surface area contributed by atoms with Gasteiger partial charge in [-0.2, -0.15) is 0 Å². The first-order valence-corrected chi connectivity index (χ1v) is 11.4. The number of benzene rings is 1. The Hall–Kier alpha value is -1.90. The van der Waals surface area contributed by atoms with E-state index >= 15 is 0 Å². The molecule has 1 aromatic carbocycles. The lowest BCUT2D eigenvalue weighted by Gasteiger charge is -2.57. The van der Waals surface area contributed by atoms with Crippen LogP contribution in [0.15, 0.2) is 42.0 Å². The molecule has 0 saturated heterocycles. The van der Waals surface area contributed by atoms with Crippen molar-refractivity contribution in [2.24, 2.45) is 28.6 Å². The summed E-state index contributed by atoms with van der Waals surface area (Å²) in [5.41, 5.74) is 2.37. The van der Waals surface area contributed by atoms with E-state index in [0.29, 0.717) is 35.5 Å². The zero-order valence-corrected chi connectivity index (χ0v) is 17.7. The van der Waals surface area contributed by atoms with Gasteiger partial charge in [0.1, 0.15) is 6.10 Å². The molecular weight excluding hydrogens is 360 g/mol. The summed E-state index contributed by atoms with van der Waals surface area (Å²) in [4.78, 5) is 24.7. The quantitative estimate of drug-likeness (QED) is 0.603. The fourth-order valence-corrected chi connectivity index (χ4v) is 7.48. The molecule has 0 aliphatic heterocycles. The Morgan fingerprint density at radius 1 is 0.966 bits per heavy atom. The molecule has 3 fully saturated rings. The van der Waals surface area contributed by atoms with Gasteiger partial charge in [0.2, 0.25) is 0 Å². The lowest BCUT2D eigenvalue weighted by Crippen LogP contribution is -2.51. The van der Waals surface area contributed by atoms with Crippen molar-refractivity contribution in [3.8, 4) is 0 Å². The first-order valence-electron chi connectivity index (χ1n) is 11.4. The first kappa shape index (κ1) is 19.1. The van der Waals surface area contributed by atoms with Crippen LogP contribution < -0.4 is 0 Å². The average Bonchev–Trinajstić information content (AvgIpc) is 3.05. The van der Waals surface area contributed by atoms with Gasteiger partial charge in [-0.15, -0.1) is 0 Å². The molecule has 6 atom stereocenters. The lowest BCUT2D eigenvalue weighted by atomic mass is 9.47. The summed E-state index contributed by atoms with van der Waals surface area (Å²) in [6, 6.07) is 9.39. The summed E-state index contributed by atoms with van der Waals surface area (Å²) < 4.78 is 6.10. The normalized spacial score (nSPS) is 41.0. The van der Waals surface area contributed by atoms with Crippen molar-refractivity contribution in [1.29, 1.82) is 0 Å². The van der Waals surface area contributed by atoms with Gasteiger partial charge in [-0.3, -0.25) is 4.79 Å². The minimum absolute atomic E-state index is 0.0267. The molecule has 5 rings (SSSR count). The SMILES string of the molecule is C[C@]12CC[C@@H]3[C@H](CCC4=CC(=O)CC[C@@]43C)[C@@H]1CC[C@H]2OC(=O)c1ccccc1.